The summed E-state index contributed by atoms with van der Waals surface area (Å²) >= 11 is 0. The minimum atomic E-state index is -0.904. The standard InChI is InChI=1S/C21H27N3O4/c1-4-6-14-24-18-10-8-7-9-16(18)23-17(21(24)27)11-12-19(25)28-15(3)20(26)22-13-5-2/h5,7-10,15H,2,4,6,11-14H2,1,3H3,(H,22,26). The number of unbranched alkanes of at least 4 members (excludes halogenated alkanes) is 1. The summed E-state index contributed by atoms with van der Waals surface area (Å²) in [6.07, 6.45) is 2.63. The van der Waals surface area contributed by atoms with Crippen molar-refractivity contribution in [3.63, 3.8) is 0 Å². The van der Waals surface area contributed by atoms with Gasteiger partial charge in [-0.2, -0.15) is 0 Å². The lowest BCUT2D eigenvalue weighted by atomic mass is 10.2. The highest BCUT2D eigenvalue weighted by molar-refractivity contribution is 5.83. The average Bonchev–Trinajstić information content (AvgIpc) is 2.69. The quantitative estimate of drug-likeness (QED) is 0.501. The second kappa shape index (κ2) is 10.4. The average molecular weight is 385 g/mol. The number of carbonyl (C=O) groups is 2. The number of rotatable bonds is 10. The Morgan fingerprint density at radius 3 is 2.82 bits per heavy atom. The number of hydrogen-bond donors (Lipinski definition) is 1. The highest BCUT2D eigenvalue weighted by Gasteiger charge is 2.18. The fourth-order valence-electron chi connectivity index (χ4n) is 2.79. The first-order valence-electron chi connectivity index (χ1n) is 9.54. The van der Waals surface area contributed by atoms with Gasteiger partial charge in [0.2, 0.25) is 0 Å². The molecule has 1 N–H and O–H groups in total. The zero-order valence-corrected chi connectivity index (χ0v) is 16.4. The fraction of sp³-hybridized carbons (Fsp3) is 0.429. The number of nitrogens with zero attached hydrogens (tertiary/aromatic N) is 2. The minimum absolute atomic E-state index is 0.0204. The van der Waals surface area contributed by atoms with E-state index >= 15 is 0 Å². The van der Waals surface area contributed by atoms with E-state index in [1.54, 1.807) is 10.6 Å². The molecule has 0 saturated heterocycles. The number of esters is 1. The lowest BCUT2D eigenvalue weighted by molar-refractivity contribution is -0.154. The van der Waals surface area contributed by atoms with Crippen molar-refractivity contribution in [3.8, 4) is 0 Å². The van der Waals surface area contributed by atoms with Crippen LogP contribution in [0.5, 0.6) is 0 Å². The van der Waals surface area contributed by atoms with Crippen LogP contribution in [0.3, 0.4) is 0 Å². The molecule has 2 rings (SSSR count). The molecule has 0 spiro atoms. The molecule has 1 amide bonds. The SMILES string of the molecule is C=CCNC(=O)C(C)OC(=O)CCc1nc2ccccc2n(CCCC)c1=O. The number of amides is 1. The predicted molar refractivity (Wildman–Crippen MR) is 108 cm³/mol. The largest absolute Gasteiger partial charge is 0.453 e. The molecular formula is C21H27N3O4. The van der Waals surface area contributed by atoms with Crippen molar-refractivity contribution in [1.29, 1.82) is 0 Å². The summed E-state index contributed by atoms with van der Waals surface area (Å²) < 4.78 is 6.85. The summed E-state index contributed by atoms with van der Waals surface area (Å²) in [5.74, 6) is -0.935. The molecule has 7 nitrogen and oxygen atoms in total. The van der Waals surface area contributed by atoms with Crippen molar-refractivity contribution in [2.45, 2.75) is 52.2 Å². The first kappa shape index (κ1) is 21.3. The summed E-state index contributed by atoms with van der Waals surface area (Å²) in [6.45, 7) is 7.99. The van der Waals surface area contributed by atoms with E-state index in [1.807, 2.05) is 24.3 Å². The molecule has 1 aromatic carbocycles. The molecule has 0 bridgehead atoms. The Morgan fingerprint density at radius 1 is 1.36 bits per heavy atom. The van der Waals surface area contributed by atoms with Gasteiger partial charge in [-0.3, -0.25) is 14.4 Å². The summed E-state index contributed by atoms with van der Waals surface area (Å²) in [4.78, 5) is 41.1. The number of fused-ring (bicyclic) bond motifs is 1. The zero-order valence-electron chi connectivity index (χ0n) is 16.4. The molecular weight excluding hydrogens is 358 g/mol. The number of benzene rings is 1. The Kier molecular flexibility index (Phi) is 7.92. The fourth-order valence-corrected chi connectivity index (χ4v) is 2.79. The van der Waals surface area contributed by atoms with Crippen LogP contribution < -0.4 is 10.9 Å². The number of aromatic nitrogens is 2. The van der Waals surface area contributed by atoms with Crippen LogP contribution in [-0.2, 0) is 27.3 Å². The summed E-state index contributed by atoms with van der Waals surface area (Å²) in [6, 6.07) is 7.47. The van der Waals surface area contributed by atoms with Crippen LogP contribution in [0.1, 0.15) is 38.8 Å². The number of aryl methyl sites for hydroxylation is 2. The Balaban J connectivity index is 2.10. The van der Waals surface area contributed by atoms with Gasteiger partial charge in [0.15, 0.2) is 6.10 Å². The molecule has 1 heterocycles. The Labute approximate surface area is 164 Å². The van der Waals surface area contributed by atoms with Gasteiger partial charge in [0.25, 0.3) is 11.5 Å². The van der Waals surface area contributed by atoms with Crippen LogP contribution >= 0.6 is 0 Å². The molecule has 0 radical (unpaired) electrons. The van der Waals surface area contributed by atoms with Gasteiger partial charge in [0.1, 0.15) is 5.69 Å². The van der Waals surface area contributed by atoms with Crippen molar-refractivity contribution < 1.29 is 14.3 Å². The van der Waals surface area contributed by atoms with Gasteiger partial charge in [-0.1, -0.05) is 31.6 Å². The normalized spacial score (nSPS) is 11.8. The van der Waals surface area contributed by atoms with Gasteiger partial charge in [0.05, 0.1) is 17.5 Å². The van der Waals surface area contributed by atoms with Crippen LogP contribution in [0.2, 0.25) is 0 Å². The third kappa shape index (κ3) is 5.52. The Bertz CT molecular complexity index is 904. The van der Waals surface area contributed by atoms with Gasteiger partial charge in [-0.05, 0) is 25.5 Å². The predicted octanol–water partition coefficient (Wildman–Crippen LogP) is 2.36. The minimum Gasteiger partial charge on any atom is -0.453 e. The van der Waals surface area contributed by atoms with E-state index in [1.165, 1.54) is 6.92 Å². The van der Waals surface area contributed by atoms with Crippen LogP contribution in [-0.4, -0.2) is 34.1 Å². The highest BCUT2D eigenvalue weighted by atomic mass is 16.5. The molecule has 150 valence electrons. The molecule has 0 aliphatic rings. The monoisotopic (exact) mass is 385 g/mol. The Hall–Kier alpha value is -2.96. The number of hydrogen-bond acceptors (Lipinski definition) is 5. The molecule has 28 heavy (non-hydrogen) atoms. The highest BCUT2D eigenvalue weighted by Crippen LogP contribution is 2.12. The van der Waals surface area contributed by atoms with Crippen LogP contribution in [0.4, 0.5) is 0 Å². The molecule has 1 atom stereocenters. The summed E-state index contributed by atoms with van der Waals surface area (Å²) in [7, 11) is 0. The van der Waals surface area contributed by atoms with Crippen molar-refractivity contribution in [2.75, 3.05) is 6.54 Å². The number of carbonyl (C=O) groups excluding carboxylic acids is 2. The smallest absolute Gasteiger partial charge is 0.306 e. The first-order chi connectivity index (χ1) is 13.5. The van der Waals surface area contributed by atoms with Crippen molar-refractivity contribution >= 4 is 22.9 Å². The van der Waals surface area contributed by atoms with Gasteiger partial charge in [-0.15, -0.1) is 6.58 Å². The molecule has 0 saturated carbocycles. The first-order valence-corrected chi connectivity index (χ1v) is 9.54. The number of para-hydroxylation sites is 2. The van der Waals surface area contributed by atoms with Crippen LogP contribution in [0.15, 0.2) is 41.7 Å². The van der Waals surface area contributed by atoms with Gasteiger partial charge >= 0.3 is 5.97 Å². The third-order valence-electron chi connectivity index (χ3n) is 4.32. The van der Waals surface area contributed by atoms with Gasteiger partial charge in [-0.25, -0.2) is 4.98 Å². The van der Waals surface area contributed by atoms with Crippen LogP contribution in [0.25, 0.3) is 11.0 Å². The molecule has 2 aromatic rings. The molecule has 1 aromatic heterocycles. The summed E-state index contributed by atoms with van der Waals surface area (Å²) in [5.41, 5.74) is 1.66. The summed E-state index contributed by atoms with van der Waals surface area (Å²) in [5, 5.41) is 2.57. The van der Waals surface area contributed by atoms with Crippen molar-refractivity contribution in [3.05, 3.63) is 53.0 Å². The maximum absolute atomic E-state index is 12.8. The molecule has 1 unspecified atom stereocenters. The number of nitrogens with one attached hydrogen (secondary N) is 1. The zero-order chi connectivity index (χ0) is 20.5. The maximum atomic E-state index is 12.8. The molecule has 0 fully saturated rings. The number of ether oxygens (including phenoxy) is 1. The van der Waals surface area contributed by atoms with E-state index in [-0.39, 0.29) is 24.3 Å². The second-order valence-corrected chi connectivity index (χ2v) is 6.52. The van der Waals surface area contributed by atoms with E-state index in [0.29, 0.717) is 18.8 Å². The third-order valence-corrected chi connectivity index (χ3v) is 4.32. The maximum Gasteiger partial charge on any atom is 0.306 e. The van der Waals surface area contributed by atoms with Gasteiger partial charge in [0, 0.05) is 19.5 Å². The van der Waals surface area contributed by atoms with E-state index < -0.39 is 12.1 Å². The second-order valence-electron chi connectivity index (χ2n) is 6.52. The molecule has 0 aliphatic carbocycles. The lowest BCUT2D eigenvalue weighted by Crippen LogP contribution is -2.36. The van der Waals surface area contributed by atoms with E-state index in [4.69, 9.17) is 4.74 Å². The topological polar surface area (TPSA) is 90.3 Å². The molecule has 7 heteroatoms. The van der Waals surface area contributed by atoms with E-state index in [2.05, 4.69) is 23.8 Å². The lowest BCUT2D eigenvalue weighted by Gasteiger charge is -2.13. The van der Waals surface area contributed by atoms with Crippen molar-refractivity contribution in [1.82, 2.24) is 14.9 Å². The van der Waals surface area contributed by atoms with Gasteiger partial charge < -0.3 is 14.6 Å². The van der Waals surface area contributed by atoms with Crippen LogP contribution in [0, 0.1) is 0 Å². The Morgan fingerprint density at radius 2 is 2.11 bits per heavy atom. The van der Waals surface area contributed by atoms with E-state index in [0.717, 1.165) is 23.9 Å². The van der Waals surface area contributed by atoms with Crippen molar-refractivity contribution in [2.24, 2.45) is 0 Å². The van der Waals surface area contributed by atoms with E-state index in [9.17, 15) is 14.4 Å². The molecule has 0 aliphatic heterocycles.